The molecule has 0 spiro atoms. The van der Waals surface area contributed by atoms with Gasteiger partial charge in [0.15, 0.2) is 0 Å². The number of hydrogen-bond acceptors (Lipinski definition) is 2. The first-order valence-electron chi connectivity index (χ1n) is 6.41. The number of imidazole rings is 1. The third-order valence-electron chi connectivity index (χ3n) is 3.74. The Morgan fingerprint density at radius 2 is 2.26 bits per heavy atom. The van der Waals surface area contributed by atoms with E-state index in [-0.39, 0.29) is 10.9 Å². The summed E-state index contributed by atoms with van der Waals surface area (Å²) in [7, 11) is 0. The van der Waals surface area contributed by atoms with Crippen LogP contribution < -0.4 is 0 Å². The van der Waals surface area contributed by atoms with E-state index in [1.54, 1.807) is 0 Å². The predicted molar refractivity (Wildman–Crippen MR) is 78.1 cm³/mol. The van der Waals surface area contributed by atoms with E-state index in [0.717, 1.165) is 29.9 Å². The number of alkyl halides is 1. The molecule has 19 heavy (non-hydrogen) atoms. The summed E-state index contributed by atoms with van der Waals surface area (Å²) in [6.07, 6.45) is 0.960. The molecule has 0 saturated carbocycles. The van der Waals surface area contributed by atoms with Gasteiger partial charge in [0.05, 0.1) is 28.6 Å². The number of aromatic nitrogens is 2. The standard InChI is InChI=1S/C14H16Cl2N2O/c1-9(15)13-17-11-4-3-10(16)7-12(11)18(13)14(2)5-6-19-8-14/h3-4,7,9H,5-6,8H2,1-2H3. The topological polar surface area (TPSA) is 27.1 Å². The zero-order valence-electron chi connectivity index (χ0n) is 11.0. The summed E-state index contributed by atoms with van der Waals surface area (Å²) in [5, 5.41) is 0.563. The zero-order chi connectivity index (χ0) is 13.6. The van der Waals surface area contributed by atoms with Gasteiger partial charge in [0, 0.05) is 11.6 Å². The van der Waals surface area contributed by atoms with Crippen LogP contribution in [0.25, 0.3) is 11.0 Å². The highest BCUT2D eigenvalue weighted by Gasteiger charge is 2.35. The van der Waals surface area contributed by atoms with E-state index in [4.69, 9.17) is 27.9 Å². The number of rotatable bonds is 2. The normalized spacial score (nSPS) is 25.1. The fourth-order valence-electron chi connectivity index (χ4n) is 2.73. The van der Waals surface area contributed by atoms with Gasteiger partial charge >= 0.3 is 0 Å². The second-order valence-electron chi connectivity index (χ2n) is 5.35. The average molecular weight is 299 g/mol. The van der Waals surface area contributed by atoms with E-state index >= 15 is 0 Å². The van der Waals surface area contributed by atoms with Gasteiger partial charge in [0.2, 0.25) is 0 Å². The minimum absolute atomic E-state index is 0.0993. The van der Waals surface area contributed by atoms with Crippen molar-refractivity contribution in [2.45, 2.75) is 31.2 Å². The van der Waals surface area contributed by atoms with Gasteiger partial charge in [0.25, 0.3) is 0 Å². The van der Waals surface area contributed by atoms with E-state index in [2.05, 4.69) is 16.5 Å². The number of halogens is 2. The second kappa shape index (κ2) is 4.65. The van der Waals surface area contributed by atoms with Crippen molar-refractivity contribution in [2.75, 3.05) is 13.2 Å². The van der Waals surface area contributed by atoms with Gasteiger partial charge in [0.1, 0.15) is 5.82 Å². The molecule has 5 heteroatoms. The highest BCUT2D eigenvalue weighted by atomic mass is 35.5. The Balaban J connectivity index is 2.29. The lowest BCUT2D eigenvalue weighted by atomic mass is 10.0. The minimum atomic E-state index is -0.149. The molecule has 3 rings (SSSR count). The fourth-order valence-corrected chi connectivity index (χ4v) is 3.05. The zero-order valence-corrected chi connectivity index (χ0v) is 12.5. The van der Waals surface area contributed by atoms with E-state index in [1.165, 1.54) is 0 Å². The molecule has 0 N–H and O–H groups in total. The summed E-state index contributed by atoms with van der Waals surface area (Å²) in [5.41, 5.74) is 1.86. The Bertz CT molecular complexity index is 615. The summed E-state index contributed by atoms with van der Waals surface area (Å²) in [5.74, 6) is 0.881. The molecule has 1 aliphatic rings. The van der Waals surface area contributed by atoms with Crippen molar-refractivity contribution in [2.24, 2.45) is 0 Å². The van der Waals surface area contributed by atoms with E-state index < -0.39 is 0 Å². The first kappa shape index (κ1) is 13.2. The Labute approximate surface area is 122 Å². The van der Waals surface area contributed by atoms with Crippen LogP contribution in [0.15, 0.2) is 18.2 Å². The molecule has 2 atom stereocenters. The summed E-state index contributed by atoms with van der Waals surface area (Å²) in [6, 6.07) is 5.75. The number of ether oxygens (including phenoxy) is 1. The Morgan fingerprint density at radius 1 is 1.47 bits per heavy atom. The molecule has 1 aliphatic heterocycles. The van der Waals surface area contributed by atoms with E-state index in [1.807, 2.05) is 25.1 Å². The van der Waals surface area contributed by atoms with Crippen LogP contribution in [0.3, 0.4) is 0 Å². The molecule has 1 fully saturated rings. The highest BCUT2D eigenvalue weighted by molar-refractivity contribution is 6.31. The van der Waals surface area contributed by atoms with Gasteiger partial charge in [-0.2, -0.15) is 0 Å². The van der Waals surface area contributed by atoms with Crippen molar-refractivity contribution in [1.82, 2.24) is 9.55 Å². The molecule has 1 saturated heterocycles. The van der Waals surface area contributed by atoms with Gasteiger partial charge in [-0.05, 0) is 38.5 Å². The molecule has 2 heterocycles. The van der Waals surface area contributed by atoms with Crippen LogP contribution in [0.4, 0.5) is 0 Å². The lowest BCUT2D eigenvalue weighted by Crippen LogP contribution is -2.32. The van der Waals surface area contributed by atoms with Gasteiger partial charge in [-0.1, -0.05) is 11.6 Å². The third kappa shape index (κ3) is 2.14. The third-order valence-corrected chi connectivity index (χ3v) is 4.17. The summed E-state index contributed by atoms with van der Waals surface area (Å²) in [6.45, 7) is 5.58. The van der Waals surface area contributed by atoms with Gasteiger partial charge < -0.3 is 9.30 Å². The molecule has 0 bridgehead atoms. The number of nitrogens with zero attached hydrogens (tertiary/aromatic N) is 2. The molecular formula is C14H16Cl2N2O. The smallest absolute Gasteiger partial charge is 0.128 e. The van der Waals surface area contributed by atoms with Crippen molar-refractivity contribution >= 4 is 34.2 Å². The van der Waals surface area contributed by atoms with Crippen molar-refractivity contribution in [3.63, 3.8) is 0 Å². The molecule has 0 aliphatic carbocycles. The fraction of sp³-hybridized carbons (Fsp3) is 0.500. The summed E-state index contributed by atoms with van der Waals surface area (Å²) in [4.78, 5) is 4.66. The maximum Gasteiger partial charge on any atom is 0.128 e. The molecule has 102 valence electrons. The largest absolute Gasteiger partial charge is 0.379 e. The molecule has 2 unspecified atom stereocenters. The van der Waals surface area contributed by atoms with Crippen LogP contribution in [-0.2, 0) is 10.3 Å². The SMILES string of the molecule is CC(Cl)c1nc2ccc(Cl)cc2n1C1(C)CCOC1. The average Bonchev–Trinajstić information content (AvgIpc) is 2.93. The summed E-state index contributed by atoms with van der Waals surface area (Å²) < 4.78 is 7.78. The van der Waals surface area contributed by atoms with Crippen LogP contribution in [-0.4, -0.2) is 22.8 Å². The number of benzene rings is 1. The quantitative estimate of drug-likeness (QED) is 0.780. The van der Waals surface area contributed by atoms with Gasteiger partial charge in [-0.25, -0.2) is 4.98 Å². The predicted octanol–water partition coefficient (Wildman–Crippen LogP) is 4.13. The van der Waals surface area contributed by atoms with E-state index in [0.29, 0.717) is 11.6 Å². The van der Waals surface area contributed by atoms with Crippen LogP contribution >= 0.6 is 23.2 Å². The maximum atomic E-state index is 6.30. The van der Waals surface area contributed by atoms with Crippen molar-refractivity contribution in [1.29, 1.82) is 0 Å². The number of fused-ring (bicyclic) bond motifs is 1. The van der Waals surface area contributed by atoms with Crippen LogP contribution in [0, 0.1) is 0 Å². The molecule has 0 radical (unpaired) electrons. The monoisotopic (exact) mass is 298 g/mol. The molecule has 1 aromatic carbocycles. The van der Waals surface area contributed by atoms with Crippen LogP contribution in [0.2, 0.25) is 5.02 Å². The first-order chi connectivity index (χ1) is 9.01. The number of hydrogen-bond donors (Lipinski definition) is 0. The lowest BCUT2D eigenvalue weighted by Gasteiger charge is -2.28. The molecule has 2 aromatic rings. The highest BCUT2D eigenvalue weighted by Crippen LogP contribution is 2.36. The van der Waals surface area contributed by atoms with Crippen molar-refractivity contribution < 1.29 is 4.74 Å². The molecule has 3 nitrogen and oxygen atoms in total. The van der Waals surface area contributed by atoms with Crippen molar-refractivity contribution in [3.8, 4) is 0 Å². The Kier molecular flexibility index (Phi) is 3.24. The summed E-state index contributed by atoms with van der Waals surface area (Å²) >= 11 is 12.4. The second-order valence-corrected chi connectivity index (χ2v) is 6.45. The van der Waals surface area contributed by atoms with E-state index in [9.17, 15) is 0 Å². The van der Waals surface area contributed by atoms with Crippen molar-refractivity contribution in [3.05, 3.63) is 29.0 Å². The minimum Gasteiger partial charge on any atom is -0.379 e. The van der Waals surface area contributed by atoms with Gasteiger partial charge in [-0.15, -0.1) is 11.6 Å². The maximum absolute atomic E-state index is 6.30. The lowest BCUT2D eigenvalue weighted by molar-refractivity contribution is 0.162. The first-order valence-corrected chi connectivity index (χ1v) is 7.23. The molecule has 0 amide bonds. The molecule has 1 aromatic heterocycles. The Hall–Kier alpha value is -0.770. The van der Waals surface area contributed by atoms with Crippen LogP contribution in [0.5, 0.6) is 0 Å². The van der Waals surface area contributed by atoms with Crippen LogP contribution in [0.1, 0.15) is 31.5 Å². The molecular weight excluding hydrogens is 283 g/mol. The van der Waals surface area contributed by atoms with Gasteiger partial charge in [-0.3, -0.25) is 0 Å². The Morgan fingerprint density at radius 3 is 2.89 bits per heavy atom.